The van der Waals surface area contributed by atoms with Gasteiger partial charge in [0, 0.05) is 11.8 Å². The third-order valence-corrected chi connectivity index (χ3v) is 6.54. The van der Waals surface area contributed by atoms with E-state index in [2.05, 4.69) is 9.71 Å². The second-order valence-corrected chi connectivity index (χ2v) is 9.75. The molecule has 2 aromatic rings. The highest BCUT2D eigenvalue weighted by Gasteiger charge is 2.34. The van der Waals surface area contributed by atoms with E-state index in [0.717, 1.165) is 10.6 Å². The molecule has 0 radical (unpaired) electrons. The summed E-state index contributed by atoms with van der Waals surface area (Å²) in [5.74, 6) is 0.313. The third kappa shape index (κ3) is 3.54. The zero-order valence-corrected chi connectivity index (χ0v) is 16.9. The first-order chi connectivity index (χ1) is 12.0. The Kier molecular flexibility index (Phi) is 4.48. The molecule has 0 saturated carbocycles. The minimum Gasteiger partial charge on any atom is -0.484 e. The monoisotopic (exact) mass is 395 g/mol. The number of anilines is 2. The summed E-state index contributed by atoms with van der Waals surface area (Å²) in [6.07, 6.45) is 0. The molecule has 0 spiro atoms. The van der Waals surface area contributed by atoms with Gasteiger partial charge in [0.05, 0.1) is 22.8 Å². The van der Waals surface area contributed by atoms with Gasteiger partial charge in [-0.1, -0.05) is 0 Å². The van der Waals surface area contributed by atoms with Crippen LogP contribution < -0.4 is 14.4 Å². The van der Waals surface area contributed by atoms with Crippen LogP contribution in [0.4, 0.5) is 10.8 Å². The number of benzene rings is 1. The summed E-state index contributed by atoms with van der Waals surface area (Å²) in [6.45, 7) is 9.26. The number of rotatable bonds is 3. The molecule has 1 aromatic carbocycles. The van der Waals surface area contributed by atoms with E-state index in [-0.39, 0.29) is 10.8 Å². The third-order valence-electron chi connectivity index (χ3n) is 4.09. The van der Waals surface area contributed by atoms with Crippen molar-refractivity contribution < 1.29 is 17.9 Å². The highest BCUT2D eigenvalue weighted by Crippen LogP contribution is 2.39. The van der Waals surface area contributed by atoms with Crippen LogP contribution in [0, 0.1) is 13.8 Å². The highest BCUT2D eigenvalue weighted by atomic mass is 32.2. The maximum atomic E-state index is 12.7. The van der Waals surface area contributed by atoms with Crippen molar-refractivity contribution in [1.29, 1.82) is 0 Å². The molecule has 0 aliphatic carbocycles. The van der Waals surface area contributed by atoms with Gasteiger partial charge < -0.3 is 9.64 Å². The van der Waals surface area contributed by atoms with E-state index in [0.29, 0.717) is 23.1 Å². The molecule has 1 aromatic heterocycles. The minimum atomic E-state index is -3.82. The molecule has 0 saturated heterocycles. The number of carbonyl (C=O) groups excluding carboxylic acids is 1. The number of fused-ring (bicyclic) bond motifs is 1. The van der Waals surface area contributed by atoms with Crippen molar-refractivity contribution in [3.63, 3.8) is 0 Å². The first kappa shape index (κ1) is 18.7. The Bertz CT molecular complexity index is 960. The maximum Gasteiger partial charge on any atom is 0.263 e. The van der Waals surface area contributed by atoms with Crippen molar-refractivity contribution in [3.8, 4) is 5.75 Å². The van der Waals surface area contributed by atoms with E-state index in [9.17, 15) is 13.2 Å². The van der Waals surface area contributed by atoms with E-state index in [1.54, 1.807) is 6.07 Å². The second kappa shape index (κ2) is 6.24. The number of thiazole rings is 1. The van der Waals surface area contributed by atoms with E-state index in [4.69, 9.17) is 4.74 Å². The van der Waals surface area contributed by atoms with Crippen LogP contribution in [0.3, 0.4) is 0 Å². The molecular weight excluding hydrogens is 374 g/mol. The summed E-state index contributed by atoms with van der Waals surface area (Å²) in [6, 6.07) is 4.51. The topological polar surface area (TPSA) is 88.6 Å². The van der Waals surface area contributed by atoms with Crippen molar-refractivity contribution in [2.24, 2.45) is 0 Å². The van der Waals surface area contributed by atoms with E-state index in [1.807, 2.05) is 27.7 Å². The standard InChI is InChI=1S/C17H21N3O4S2/c1-10-11(2)25-16(18-10)19-26(22,23)13-6-7-15-14(8-13)20(12(3)21)9-17(4,5)24-15/h6-8H,9H2,1-5H3,(H,18,19). The molecule has 1 N–H and O–H groups in total. The first-order valence-electron chi connectivity index (χ1n) is 8.06. The van der Waals surface area contributed by atoms with Crippen molar-refractivity contribution >= 4 is 38.1 Å². The molecule has 26 heavy (non-hydrogen) atoms. The number of hydrogen-bond donors (Lipinski definition) is 1. The fourth-order valence-corrected chi connectivity index (χ4v) is 4.80. The molecular formula is C17H21N3O4S2. The van der Waals surface area contributed by atoms with Crippen molar-refractivity contribution in [2.75, 3.05) is 16.2 Å². The van der Waals surface area contributed by atoms with Crippen molar-refractivity contribution in [1.82, 2.24) is 4.98 Å². The Balaban J connectivity index is 1.99. The number of hydrogen-bond acceptors (Lipinski definition) is 6. The Morgan fingerprint density at radius 1 is 1.35 bits per heavy atom. The Morgan fingerprint density at radius 3 is 2.62 bits per heavy atom. The predicted molar refractivity (Wildman–Crippen MR) is 102 cm³/mol. The van der Waals surface area contributed by atoms with E-state index < -0.39 is 15.6 Å². The average Bonchev–Trinajstić information content (AvgIpc) is 2.82. The number of ether oxygens (including phenoxy) is 1. The summed E-state index contributed by atoms with van der Waals surface area (Å²) in [5, 5.41) is 0.318. The summed E-state index contributed by atoms with van der Waals surface area (Å²) in [4.78, 5) is 18.8. The quantitative estimate of drug-likeness (QED) is 0.863. The molecule has 9 heteroatoms. The molecule has 0 bridgehead atoms. The van der Waals surface area contributed by atoms with E-state index in [1.165, 1.54) is 35.3 Å². The van der Waals surface area contributed by atoms with Gasteiger partial charge in [0.1, 0.15) is 11.4 Å². The van der Waals surface area contributed by atoms with Gasteiger partial charge in [0.15, 0.2) is 5.13 Å². The van der Waals surface area contributed by atoms with Crippen LogP contribution in [0.1, 0.15) is 31.3 Å². The SMILES string of the molecule is CC(=O)N1CC(C)(C)Oc2ccc(S(=O)(=O)Nc3nc(C)c(C)s3)cc21. The zero-order chi connectivity index (χ0) is 19.3. The van der Waals surface area contributed by atoms with Crippen molar-refractivity contribution in [2.45, 2.75) is 45.1 Å². The molecule has 1 aliphatic heterocycles. The van der Waals surface area contributed by atoms with Gasteiger partial charge in [-0.05, 0) is 45.9 Å². The molecule has 140 valence electrons. The first-order valence-corrected chi connectivity index (χ1v) is 10.4. The van der Waals surface area contributed by atoms with Gasteiger partial charge in [-0.3, -0.25) is 9.52 Å². The van der Waals surface area contributed by atoms with Crippen LogP contribution in [0.2, 0.25) is 0 Å². The molecule has 2 heterocycles. The number of sulfonamides is 1. The minimum absolute atomic E-state index is 0.0521. The Morgan fingerprint density at radius 2 is 2.04 bits per heavy atom. The molecule has 1 amide bonds. The molecule has 0 fully saturated rings. The lowest BCUT2D eigenvalue weighted by molar-refractivity contribution is -0.117. The molecule has 0 unspecified atom stereocenters. The molecule has 1 aliphatic rings. The maximum absolute atomic E-state index is 12.7. The van der Waals surface area contributed by atoms with Crippen LogP contribution in [-0.2, 0) is 14.8 Å². The average molecular weight is 396 g/mol. The van der Waals surface area contributed by atoms with Crippen LogP contribution in [0.5, 0.6) is 5.75 Å². The summed E-state index contributed by atoms with van der Waals surface area (Å²) >= 11 is 1.28. The lowest BCUT2D eigenvalue weighted by atomic mass is 10.1. The number of nitrogens with one attached hydrogen (secondary N) is 1. The van der Waals surface area contributed by atoms with E-state index >= 15 is 0 Å². The number of carbonyl (C=O) groups is 1. The smallest absolute Gasteiger partial charge is 0.263 e. The number of nitrogens with zero attached hydrogens (tertiary/aromatic N) is 2. The van der Waals surface area contributed by atoms with Crippen LogP contribution in [-0.4, -0.2) is 31.5 Å². The van der Waals surface area contributed by atoms with Gasteiger partial charge in [0.25, 0.3) is 10.0 Å². The van der Waals surface area contributed by atoms with Crippen molar-refractivity contribution in [3.05, 3.63) is 28.8 Å². The number of aryl methyl sites for hydroxylation is 2. The van der Waals surface area contributed by atoms with Crippen LogP contribution in [0.25, 0.3) is 0 Å². The van der Waals surface area contributed by atoms with Crippen LogP contribution >= 0.6 is 11.3 Å². The van der Waals surface area contributed by atoms with Gasteiger partial charge in [-0.15, -0.1) is 11.3 Å². The summed E-state index contributed by atoms with van der Waals surface area (Å²) in [5.41, 5.74) is 0.690. The summed E-state index contributed by atoms with van der Waals surface area (Å²) < 4.78 is 33.8. The van der Waals surface area contributed by atoms with Crippen LogP contribution in [0.15, 0.2) is 23.1 Å². The Labute approximate surface area is 157 Å². The second-order valence-electron chi connectivity index (χ2n) is 6.86. The molecule has 0 atom stereocenters. The lowest BCUT2D eigenvalue weighted by Crippen LogP contribution is -2.48. The van der Waals surface area contributed by atoms with Gasteiger partial charge in [-0.25, -0.2) is 13.4 Å². The van der Waals surface area contributed by atoms with Gasteiger partial charge in [0.2, 0.25) is 5.91 Å². The number of amides is 1. The largest absolute Gasteiger partial charge is 0.484 e. The summed E-state index contributed by atoms with van der Waals surface area (Å²) in [7, 11) is -3.82. The van der Waals surface area contributed by atoms with Gasteiger partial charge >= 0.3 is 0 Å². The fourth-order valence-electron chi connectivity index (χ4n) is 2.73. The van der Waals surface area contributed by atoms with Gasteiger partial charge in [-0.2, -0.15) is 0 Å². The Hall–Kier alpha value is -2.13. The molecule has 7 nitrogen and oxygen atoms in total. The fraction of sp³-hybridized carbons (Fsp3) is 0.412. The molecule has 3 rings (SSSR count). The normalized spacial score (nSPS) is 16.0. The highest BCUT2D eigenvalue weighted by molar-refractivity contribution is 7.93. The lowest BCUT2D eigenvalue weighted by Gasteiger charge is -2.39. The zero-order valence-electron chi connectivity index (χ0n) is 15.3. The number of aromatic nitrogens is 1. The predicted octanol–water partition coefficient (Wildman–Crippen LogP) is 3.08.